The minimum absolute atomic E-state index is 0.228. The summed E-state index contributed by atoms with van der Waals surface area (Å²) in [6.45, 7) is 4.37. The van der Waals surface area contributed by atoms with Crippen LogP contribution >= 0.6 is 11.8 Å². The zero-order chi connectivity index (χ0) is 11.8. The van der Waals surface area contributed by atoms with Crippen LogP contribution in [0.15, 0.2) is 24.5 Å². The van der Waals surface area contributed by atoms with Crippen molar-refractivity contribution in [1.82, 2.24) is 4.98 Å². The molecular formula is C13H22N2S. The topological polar surface area (TPSA) is 38.9 Å². The molecule has 0 aromatic carbocycles. The van der Waals surface area contributed by atoms with Crippen molar-refractivity contribution < 1.29 is 0 Å². The van der Waals surface area contributed by atoms with Gasteiger partial charge < -0.3 is 5.73 Å². The molecule has 2 atom stereocenters. The van der Waals surface area contributed by atoms with Gasteiger partial charge in [0.05, 0.1) is 0 Å². The molecule has 2 nitrogen and oxygen atoms in total. The van der Waals surface area contributed by atoms with Gasteiger partial charge in [-0.2, -0.15) is 11.8 Å². The van der Waals surface area contributed by atoms with Crippen LogP contribution in [0, 0.1) is 0 Å². The van der Waals surface area contributed by atoms with Crippen molar-refractivity contribution in [3.63, 3.8) is 0 Å². The Morgan fingerprint density at radius 1 is 1.44 bits per heavy atom. The molecule has 0 aliphatic heterocycles. The van der Waals surface area contributed by atoms with Gasteiger partial charge in [0.2, 0.25) is 0 Å². The SMILES string of the molecule is CCCCSC(c1cccnc1)C(N)CC. The summed E-state index contributed by atoms with van der Waals surface area (Å²) in [4.78, 5) is 4.18. The van der Waals surface area contributed by atoms with Gasteiger partial charge in [-0.25, -0.2) is 0 Å². The second-order valence-electron chi connectivity index (χ2n) is 4.00. The number of unbranched alkanes of at least 4 members (excludes halogenated alkanes) is 1. The Kier molecular flexibility index (Phi) is 6.50. The Balaban J connectivity index is 2.64. The Bertz CT molecular complexity index is 277. The molecule has 0 saturated carbocycles. The van der Waals surface area contributed by atoms with Crippen LogP contribution in [0.4, 0.5) is 0 Å². The summed E-state index contributed by atoms with van der Waals surface area (Å²) >= 11 is 1.97. The third-order valence-electron chi connectivity index (χ3n) is 2.67. The molecule has 1 rings (SSSR count). The first-order valence-electron chi connectivity index (χ1n) is 6.06. The Labute approximate surface area is 103 Å². The molecule has 2 N–H and O–H groups in total. The van der Waals surface area contributed by atoms with Gasteiger partial charge in [-0.15, -0.1) is 0 Å². The Morgan fingerprint density at radius 3 is 2.81 bits per heavy atom. The van der Waals surface area contributed by atoms with Gasteiger partial charge >= 0.3 is 0 Å². The highest BCUT2D eigenvalue weighted by atomic mass is 32.2. The van der Waals surface area contributed by atoms with Gasteiger partial charge in [-0.1, -0.05) is 26.3 Å². The van der Waals surface area contributed by atoms with Crippen molar-refractivity contribution >= 4 is 11.8 Å². The first kappa shape index (κ1) is 13.5. The average molecular weight is 238 g/mol. The molecule has 0 spiro atoms. The van der Waals surface area contributed by atoms with E-state index < -0.39 is 0 Å². The number of nitrogens with zero attached hydrogens (tertiary/aromatic N) is 1. The molecule has 0 saturated heterocycles. The van der Waals surface area contributed by atoms with Crippen LogP contribution in [0.2, 0.25) is 0 Å². The van der Waals surface area contributed by atoms with Crippen molar-refractivity contribution in [2.75, 3.05) is 5.75 Å². The van der Waals surface area contributed by atoms with Crippen LogP contribution in [0.25, 0.3) is 0 Å². The summed E-state index contributed by atoms with van der Waals surface area (Å²) < 4.78 is 0. The maximum atomic E-state index is 6.18. The van der Waals surface area contributed by atoms with E-state index in [1.165, 1.54) is 24.2 Å². The summed E-state index contributed by atoms with van der Waals surface area (Å²) in [7, 11) is 0. The fourth-order valence-corrected chi connectivity index (χ4v) is 3.06. The van der Waals surface area contributed by atoms with Crippen LogP contribution < -0.4 is 5.73 Å². The second kappa shape index (κ2) is 7.69. The Morgan fingerprint density at radius 2 is 2.25 bits per heavy atom. The molecule has 90 valence electrons. The van der Waals surface area contributed by atoms with E-state index in [2.05, 4.69) is 24.9 Å². The smallest absolute Gasteiger partial charge is 0.0463 e. The lowest BCUT2D eigenvalue weighted by Gasteiger charge is -2.22. The zero-order valence-electron chi connectivity index (χ0n) is 10.2. The number of pyridine rings is 1. The summed E-state index contributed by atoms with van der Waals surface area (Å²) in [5.41, 5.74) is 7.44. The lowest BCUT2D eigenvalue weighted by Crippen LogP contribution is -2.26. The highest BCUT2D eigenvalue weighted by Gasteiger charge is 2.18. The van der Waals surface area contributed by atoms with Crippen LogP contribution in [0.5, 0.6) is 0 Å². The van der Waals surface area contributed by atoms with Crippen molar-refractivity contribution in [3.05, 3.63) is 30.1 Å². The molecule has 0 bridgehead atoms. The molecule has 0 fully saturated rings. The van der Waals surface area contributed by atoms with E-state index in [0.29, 0.717) is 5.25 Å². The van der Waals surface area contributed by atoms with E-state index in [4.69, 9.17) is 5.73 Å². The molecule has 1 heterocycles. The van der Waals surface area contributed by atoms with Gasteiger partial charge in [-0.05, 0) is 30.2 Å². The van der Waals surface area contributed by atoms with Crippen molar-refractivity contribution in [1.29, 1.82) is 0 Å². The molecule has 0 amide bonds. The van der Waals surface area contributed by atoms with E-state index >= 15 is 0 Å². The quantitative estimate of drug-likeness (QED) is 0.740. The first-order chi connectivity index (χ1) is 7.79. The lowest BCUT2D eigenvalue weighted by atomic mass is 10.1. The predicted molar refractivity (Wildman–Crippen MR) is 72.6 cm³/mol. The normalized spacial score (nSPS) is 14.7. The van der Waals surface area contributed by atoms with E-state index in [0.717, 1.165) is 6.42 Å². The highest BCUT2D eigenvalue weighted by molar-refractivity contribution is 7.99. The summed E-state index contributed by atoms with van der Waals surface area (Å²) in [5.74, 6) is 1.18. The van der Waals surface area contributed by atoms with Gasteiger partial charge in [-0.3, -0.25) is 4.98 Å². The summed E-state index contributed by atoms with van der Waals surface area (Å²) in [5, 5.41) is 0.394. The number of nitrogens with two attached hydrogens (primary N) is 1. The van der Waals surface area contributed by atoms with E-state index in [9.17, 15) is 0 Å². The number of thioether (sulfide) groups is 1. The standard InChI is InChI=1S/C13H22N2S/c1-3-5-9-16-13(12(14)4-2)11-7-6-8-15-10-11/h6-8,10,12-13H,3-5,9,14H2,1-2H3. The molecular weight excluding hydrogens is 216 g/mol. The maximum absolute atomic E-state index is 6.18. The van der Waals surface area contributed by atoms with E-state index in [-0.39, 0.29) is 6.04 Å². The van der Waals surface area contributed by atoms with Crippen LogP contribution in [-0.2, 0) is 0 Å². The van der Waals surface area contributed by atoms with Gasteiger partial charge in [0, 0.05) is 23.7 Å². The summed E-state index contributed by atoms with van der Waals surface area (Å²) in [6.07, 6.45) is 7.28. The molecule has 1 aromatic rings. The molecule has 16 heavy (non-hydrogen) atoms. The minimum Gasteiger partial charge on any atom is -0.326 e. The number of hydrogen-bond donors (Lipinski definition) is 1. The van der Waals surface area contributed by atoms with Crippen molar-refractivity contribution in [2.45, 2.75) is 44.4 Å². The largest absolute Gasteiger partial charge is 0.326 e. The monoisotopic (exact) mass is 238 g/mol. The van der Waals surface area contributed by atoms with Crippen LogP contribution in [0.3, 0.4) is 0 Å². The molecule has 3 heteroatoms. The zero-order valence-corrected chi connectivity index (χ0v) is 11.0. The minimum atomic E-state index is 0.228. The third kappa shape index (κ3) is 4.14. The van der Waals surface area contributed by atoms with Gasteiger partial charge in [0.1, 0.15) is 0 Å². The van der Waals surface area contributed by atoms with Crippen LogP contribution in [0.1, 0.15) is 43.9 Å². The molecule has 1 aromatic heterocycles. The lowest BCUT2D eigenvalue weighted by molar-refractivity contribution is 0.632. The molecule has 0 aliphatic rings. The third-order valence-corrected chi connectivity index (χ3v) is 4.17. The van der Waals surface area contributed by atoms with E-state index in [1.807, 2.05) is 30.2 Å². The van der Waals surface area contributed by atoms with Crippen LogP contribution in [-0.4, -0.2) is 16.8 Å². The summed E-state index contributed by atoms with van der Waals surface area (Å²) in [6, 6.07) is 4.35. The number of hydrogen-bond acceptors (Lipinski definition) is 3. The fourth-order valence-electron chi connectivity index (χ4n) is 1.58. The second-order valence-corrected chi connectivity index (χ2v) is 5.25. The van der Waals surface area contributed by atoms with Gasteiger partial charge in [0.15, 0.2) is 0 Å². The first-order valence-corrected chi connectivity index (χ1v) is 7.11. The Hall–Kier alpha value is -0.540. The number of aromatic nitrogens is 1. The highest BCUT2D eigenvalue weighted by Crippen LogP contribution is 2.32. The molecule has 2 unspecified atom stereocenters. The van der Waals surface area contributed by atoms with Crippen molar-refractivity contribution in [2.24, 2.45) is 5.73 Å². The average Bonchev–Trinajstić information content (AvgIpc) is 2.35. The molecule has 0 aliphatic carbocycles. The molecule has 0 radical (unpaired) electrons. The predicted octanol–water partition coefficient (Wildman–Crippen LogP) is 3.39. The number of rotatable bonds is 7. The fraction of sp³-hybridized carbons (Fsp3) is 0.615. The maximum Gasteiger partial charge on any atom is 0.0463 e. The van der Waals surface area contributed by atoms with Gasteiger partial charge in [0.25, 0.3) is 0 Å². The van der Waals surface area contributed by atoms with E-state index in [1.54, 1.807) is 0 Å². The van der Waals surface area contributed by atoms with Crippen molar-refractivity contribution in [3.8, 4) is 0 Å².